The molecular weight excluding hydrogens is 540 g/mol. The summed E-state index contributed by atoms with van der Waals surface area (Å²) < 4.78 is 39.8. The second kappa shape index (κ2) is 12.9. The van der Waals surface area contributed by atoms with Gasteiger partial charge >= 0.3 is 0 Å². The molecule has 0 bridgehead atoms. The van der Waals surface area contributed by atoms with E-state index in [1.165, 1.54) is 47.4 Å². The molecule has 0 radical (unpaired) electrons. The van der Waals surface area contributed by atoms with Crippen LogP contribution < -0.4 is 9.62 Å². The van der Waals surface area contributed by atoms with Gasteiger partial charge in [0.1, 0.15) is 18.4 Å². The van der Waals surface area contributed by atoms with Crippen molar-refractivity contribution in [1.82, 2.24) is 10.2 Å². The van der Waals surface area contributed by atoms with Crippen molar-refractivity contribution in [3.05, 3.63) is 63.9 Å². The van der Waals surface area contributed by atoms with Gasteiger partial charge < -0.3 is 10.2 Å². The van der Waals surface area contributed by atoms with E-state index < -0.39 is 34.3 Å². The summed E-state index contributed by atoms with van der Waals surface area (Å²) in [6, 6.07) is 9.11. The number of halogens is 3. The lowest BCUT2D eigenvalue weighted by Gasteiger charge is -2.34. The zero-order valence-corrected chi connectivity index (χ0v) is 23.3. The average molecular weight is 573 g/mol. The number of anilines is 1. The highest BCUT2D eigenvalue weighted by molar-refractivity contribution is 7.92. The molecule has 2 aromatic carbocycles. The van der Waals surface area contributed by atoms with Gasteiger partial charge in [-0.15, -0.1) is 0 Å². The van der Waals surface area contributed by atoms with Crippen LogP contribution in [-0.4, -0.2) is 50.0 Å². The number of carbonyl (C=O) groups is 2. The van der Waals surface area contributed by atoms with Crippen LogP contribution in [0.15, 0.2) is 42.5 Å². The molecule has 11 heteroatoms. The van der Waals surface area contributed by atoms with Crippen LogP contribution in [0.1, 0.15) is 51.0 Å². The average Bonchev–Trinajstić information content (AvgIpc) is 2.84. The van der Waals surface area contributed by atoms with Crippen LogP contribution in [0.25, 0.3) is 0 Å². The minimum Gasteiger partial charge on any atom is -0.352 e. The molecule has 1 aliphatic rings. The summed E-state index contributed by atoms with van der Waals surface area (Å²) in [5.41, 5.74) is 0.706. The van der Waals surface area contributed by atoms with Crippen LogP contribution in [0.5, 0.6) is 0 Å². The van der Waals surface area contributed by atoms with Crippen molar-refractivity contribution in [3.8, 4) is 0 Å². The van der Waals surface area contributed by atoms with Crippen molar-refractivity contribution < 1.29 is 22.4 Å². The maximum Gasteiger partial charge on any atom is 0.244 e. The Morgan fingerprint density at radius 3 is 2.30 bits per heavy atom. The number of carbonyl (C=O) groups excluding carboxylic acids is 2. The lowest BCUT2D eigenvalue weighted by molar-refractivity contribution is -0.140. The molecule has 1 saturated carbocycles. The first kappa shape index (κ1) is 29.2. The van der Waals surface area contributed by atoms with Crippen LogP contribution >= 0.6 is 23.2 Å². The Bertz CT molecular complexity index is 1200. The number of hydrogen-bond acceptors (Lipinski definition) is 4. The molecule has 1 fully saturated rings. The molecule has 1 atom stereocenters. The predicted octanol–water partition coefficient (Wildman–Crippen LogP) is 5.15. The van der Waals surface area contributed by atoms with Crippen molar-refractivity contribution in [2.75, 3.05) is 17.1 Å². The van der Waals surface area contributed by atoms with Gasteiger partial charge in [-0.1, -0.05) is 61.5 Å². The van der Waals surface area contributed by atoms with Gasteiger partial charge in [-0.2, -0.15) is 0 Å². The van der Waals surface area contributed by atoms with Crippen molar-refractivity contribution in [3.63, 3.8) is 0 Å². The molecule has 202 valence electrons. The van der Waals surface area contributed by atoms with Gasteiger partial charge in [0.15, 0.2) is 0 Å². The largest absolute Gasteiger partial charge is 0.352 e. The predicted molar refractivity (Wildman–Crippen MR) is 145 cm³/mol. The number of hydrogen-bond donors (Lipinski definition) is 1. The summed E-state index contributed by atoms with van der Waals surface area (Å²) in [4.78, 5) is 28.4. The molecule has 3 rings (SSSR count). The van der Waals surface area contributed by atoms with Crippen molar-refractivity contribution in [1.29, 1.82) is 0 Å². The third-order valence-electron chi connectivity index (χ3n) is 6.46. The molecular formula is C26H32Cl2FN3O4S. The zero-order valence-electron chi connectivity index (χ0n) is 20.9. The topological polar surface area (TPSA) is 86.8 Å². The summed E-state index contributed by atoms with van der Waals surface area (Å²) in [6.07, 6.45) is 6.24. The van der Waals surface area contributed by atoms with Crippen molar-refractivity contribution in [2.24, 2.45) is 0 Å². The number of amides is 2. The van der Waals surface area contributed by atoms with Gasteiger partial charge in [-0.05, 0) is 55.2 Å². The SMILES string of the molecule is CCC(C(=O)NC1CCCCC1)N(Cc1ccc(F)cc1)C(=O)CN(c1ccc(Cl)cc1Cl)S(C)(=O)=O. The van der Waals surface area contributed by atoms with E-state index in [-0.39, 0.29) is 29.2 Å². The van der Waals surface area contributed by atoms with Crippen LogP contribution in [0.4, 0.5) is 10.1 Å². The highest BCUT2D eigenvalue weighted by atomic mass is 35.5. The Kier molecular flexibility index (Phi) is 10.2. The first-order chi connectivity index (χ1) is 17.5. The third-order valence-corrected chi connectivity index (χ3v) is 8.13. The number of benzene rings is 2. The van der Waals surface area contributed by atoms with Gasteiger partial charge in [0.05, 0.1) is 17.0 Å². The molecule has 7 nitrogen and oxygen atoms in total. The lowest BCUT2D eigenvalue weighted by atomic mass is 9.95. The van der Waals surface area contributed by atoms with E-state index in [1.54, 1.807) is 6.92 Å². The van der Waals surface area contributed by atoms with E-state index in [1.807, 2.05) is 0 Å². The molecule has 1 N–H and O–H groups in total. The summed E-state index contributed by atoms with van der Waals surface area (Å²) in [6.45, 7) is 1.22. The monoisotopic (exact) mass is 571 g/mol. The Morgan fingerprint density at radius 2 is 1.73 bits per heavy atom. The maximum atomic E-state index is 13.7. The van der Waals surface area contributed by atoms with Crippen LogP contribution in [0.3, 0.4) is 0 Å². The number of nitrogens with zero attached hydrogens (tertiary/aromatic N) is 2. The minimum absolute atomic E-state index is 0.00165. The molecule has 37 heavy (non-hydrogen) atoms. The van der Waals surface area contributed by atoms with Crippen LogP contribution in [0, 0.1) is 5.82 Å². The van der Waals surface area contributed by atoms with E-state index >= 15 is 0 Å². The number of nitrogens with one attached hydrogen (secondary N) is 1. The van der Waals surface area contributed by atoms with Crippen molar-refractivity contribution >= 4 is 50.7 Å². The lowest BCUT2D eigenvalue weighted by Crippen LogP contribution is -2.54. The normalized spacial score (nSPS) is 15.2. The Morgan fingerprint density at radius 1 is 1.08 bits per heavy atom. The molecule has 0 saturated heterocycles. The molecule has 0 aromatic heterocycles. The fourth-order valence-corrected chi connectivity index (χ4v) is 5.95. The van der Waals surface area contributed by atoms with Crippen LogP contribution in [0.2, 0.25) is 10.0 Å². The fourth-order valence-electron chi connectivity index (χ4n) is 4.53. The van der Waals surface area contributed by atoms with E-state index in [4.69, 9.17) is 23.2 Å². The molecule has 1 aliphatic carbocycles. The summed E-state index contributed by atoms with van der Waals surface area (Å²) in [5.74, 6) is -1.31. The van der Waals surface area contributed by atoms with E-state index in [0.717, 1.165) is 42.7 Å². The maximum absolute atomic E-state index is 13.7. The second-order valence-electron chi connectivity index (χ2n) is 9.28. The minimum atomic E-state index is -3.93. The van der Waals surface area contributed by atoms with Gasteiger partial charge in [-0.3, -0.25) is 13.9 Å². The van der Waals surface area contributed by atoms with Crippen molar-refractivity contribution in [2.45, 2.75) is 64.1 Å². The van der Waals surface area contributed by atoms with E-state index in [2.05, 4.69) is 5.32 Å². The number of sulfonamides is 1. The highest BCUT2D eigenvalue weighted by Gasteiger charge is 2.33. The standard InChI is InChI=1S/C26H32Cl2FN3O4S/c1-3-23(26(34)30-21-7-5-4-6-8-21)31(16-18-9-12-20(29)13-10-18)25(33)17-32(37(2,35)36)24-14-11-19(27)15-22(24)28/h9-15,21,23H,3-8,16-17H2,1-2H3,(H,30,34). The van der Waals surface area contributed by atoms with Crippen LogP contribution in [-0.2, 0) is 26.2 Å². The van der Waals surface area contributed by atoms with Gasteiger partial charge in [0.2, 0.25) is 21.8 Å². The summed E-state index contributed by atoms with van der Waals surface area (Å²) >= 11 is 12.2. The van der Waals surface area contributed by atoms with Gasteiger partial charge in [0.25, 0.3) is 0 Å². The van der Waals surface area contributed by atoms with Gasteiger partial charge in [-0.25, -0.2) is 12.8 Å². The fraction of sp³-hybridized carbons (Fsp3) is 0.462. The summed E-state index contributed by atoms with van der Waals surface area (Å²) in [5, 5.41) is 3.45. The Balaban J connectivity index is 1.93. The summed E-state index contributed by atoms with van der Waals surface area (Å²) in [7, 11) is -3.93. The van der Waals surface area contributed by atoms with E-state index in [9.17, 15) is 22.4 Å². The smallest absolute Gasteiger partial charge is 0.244 e. The Hall–Kier alpha value is -2.36. The first-order valence-electron chi connectivity index (χ1n) is 12.3. The molecule has 2 amide bonds. The highest BCUT2D eigenvalue weighted by Crippen LogP contribution is 2.30. The quantitative estimate of drug-likeness (QED) is 0.427. The Labute approximate surface area is 228 Å². The van der Waals surface area contributed by atoms with E-state index in [0.29, 0.717) is 17.0 Å². The number of rotatable bonds is 10. The molecule has 0 spiro atoms. The first-order valence-corrected chi connectivity index (χ1v) is 14.9. The molecule has 1 unspecified atom stereocenters. The molecule has 0 aliphatic heterocycles. The van der Waals surface area contributed by atoms with Gasteiger partial charge in [0, 0.05) is 17.6 Å². The second-order valence-corrected chi connectivity index (χ2v) is 12.0. The third kappa shape index (κ3) is 8.06. The molecule has 0 heterocycles. The molecule has 2 aromatic rings. The zero-order chi connectivity index (χ0) is 27.2.